The minimum absolute atomic E-state index is 0.00505. The first-order valence-corrected chi connectivity index (χ1v) is 7.15. The molecule has 2 aliphatic rings. The van der Waals surface area contributed by atoms with Crippen LogP contribution >= 0.6 is 0 Å². The fourth-order valence-electron chi connectivity index (χ4n) is 2.39. The number of para-hydroxylation sites is 1. The summed E-state index contributed by atoms with van der Waals surface area (Å²) < 4.78 is 0. The van der Waals surface area contributed by atoms with E-state index in [2.05, 4.69) is 16.0 Å². The molecule has 0 aromatic heterocycles. The summed E-state index contributed by atoms with van der Waals surface area (Å²) in [6.45, 7) is 1.59. The lowest BCUT2D eigenvalue weighted by atomic mass is 10.1. The van der Waals surface area contributed by atoms with Gasteiger partial charge < -0.3 is 16.0 Å². The van der Waals surface area contributed by atoms with E-state index in [1.54, 1.807) is 12.1 Å². The van der Waals surface area contributed by atoms with Crippen LogP contribution in [0.3, 0.4) is 0 Å². The van der Waals surface area contributed by atoms with Crippen molar-refractivity contribution in [3.8, 4) is 0 Å². The van der Waals surface area contributed by atoms with Gasteiger partial charge >= 0.3 is 0 Å². The van der Waals surface area contributed by atoms with E-state index in [9.17, 15) is 9.59 Å². The summed E-state index contributed by atoms with van der Waals surface area (Å²) in [4.78, 5) is 24.3. The molecular weight excluding hydrogens is 254 g/mol. The zero-order valence-electron chi connectivity index (χ0n) is 11.3. The van der Waals surface area contributed by atoms with Crippen molar-refractivity contribution in [1.29, 1.82) is 0 Å². The molecule has 2 amide bonds. The molecule has 106 valence electrons. The van der Waals surface area contributed by atoms with E-state index in [0.717, 1.165) is 25.8 Å². The number of hydrogen-bond acceptors (Lipinski definition) is 3. The lowest BCUT2D eigenvalue weighted by Gasteiger charge is -2.13. The molecule has 1 saturated heterocycles. The van der Waals surface area contributed by atoms with Crippen LogP contribution in [-0.4, -0.2) is 30.9 Å². The van der Waals surface area contributed by atoms with Crippen LogP contribution in [0, 0.1) is 5.92 Å². The summed E-state index contributed by atoms with van der Waals surface area (Å²) in [6.07, 6.45) is 2.95. The number of rotatable bonds is 4. The molecule has 1 unspecified atom stereocenters. The minimum atomic E-state index is -0.104. The monoisotopic (exact) mass is 273 g/mol. The Hall–Kier alpha value is -1.88. The Labute approximate surface area is 118 Å². The Kier molecular flexibility index (Phi) is 3.69. The Morgan fingerprint density at radius 2 is 1.95 bits per heavy atom. The van der Waals surface area contributed by atoms with Gasteiger partial charge in [-0.3, -0.25) is 9.59 Å². The first kappa shape index (κ1) is 13.1. The smallest absolute Gasteiger partial charge is 0.253 e. The molecule has 3 N–H and O–H groups in total. The van der Waals surface area contributed by atoms with Crippen molar-refractivity contribution in [2.75, 3.05) is 18.4 Å². The van der Waals surface area contributed by atoms with Crippen LogP contribution in [0.2, 0.25) is 0 Å². The highest BCUT2D eigenvalue weighted by Gasteiger charge is 2.26. The van der Waals surface area contributed by atoms with Crippen LogP contribution < -0.4 is 16.0 Å². The van der Waals surface area contributed by atoms with Crippen molar-refractivity contribution in [2.45, 2.75) is 25.3 Å². The molecule has 0 bridgehead atoms. The molecule has 1 saturated carbocycles. The van der Waals surface area contributed by atoms with Gasteiger partial charge in [0.2, 0.25) is 5.91 Å². The second-order valence-electron chi connectivity index (χ2n) is 5.47. The van der Waals surface area contributed by atoms with Gasteiger partial charge in [-0.2, -0.15) is 0 Å². The predicted octanol–water partition coefficient (Wildman–Crippen LogP) is 1.13. The topological polar surface area (TPSA) is 70.2 Å². The third-order valence-electron chi connectivity index (χ3n) is 3.77. The molecule has 3 rings (SSSR count). The van der Waals surface area contributed by atoms with E-state index >= 15 is 0 Å². The molecule has 1 aromatic carbocycles. The maximum atomic E-state index is 12.1. The third-order valence-corrected chi connectivity index (χ3v) is 3.77. The molecule has 5 heteroatoms. The first-order valence-electron chi connectivity index (χ1n) is 7.15. The first-order chi connectivity index (χ1) is 9.74. The largest absolute Gasteiger partial charge is 0.349 e. The average Bonchev–Trinajstić information content (AvgIpc) is 3.08. The number of carbonyl (C=O) groups is 2. The van der Waals surface area contributed by atoms with Crippen LogP contribution in [0.1, 0.15) is 29.6 Å². The molecule has 1 atom stereocenters. The van der Waals surface area contributed by atoms with Crippen molar-refractivity contribution in [3.05, 3.63) is 29.8 Å². The van der Waals surface area contributed by atoms with Gasteiger partial charge in [0.15, 0.2) is 0 Å². The summed E-state index contributed by atoms with van der Waals surface area (Å²) in [5, 5.41) is 9.01. The van der Waals surface area contributed by atoms with E-state index in [0.29, 0.717) is 23.8 Å². The van der Waals surface area contributed by atoms with Crippen molar-refractivity contribution < 1.29 is 9.59 Å². The van der Waals surface area contributed by atoms with Crippen molar-refractivity contribution in [3.63, 3.8) is 0 Å². The second-order valence-corrected chi connectivity index (χ2v) is 5.47. The molecule has 5 nitrogen and oxygen atoms in total. The molecule has 0 radical (unpaired) electrons. The van der Waals surface area contributed by atoms with Crippen LogP contribution in [0.15, 0.2) is 24.3 Å². The SMILES string of the molecule is O=C(NC1CC1)c1ccccc1NC(=O)C1CCNC1. The number of hydrogen-bond donors (Lipinski definition) is 3. The zero-order chi connectivity index (χ0) is 13.9. The van der Waals surface area contributed by atoms with E-state index in [4.69, 9.17) is 0 Å². The fraction of sp³-hybridized carbons (Fsp3) is 0.467. The van der Waals surface area contributed by atoms with Gasteiger partial charge in [0.1, 0.15) is 0 Å². The number of amides is 2. The normalized spacial score (nSPS) is 21.5. The van der Waals surface area contributed by atoms with Crippen LogP contribution in [0.25, 0.3) is 0 Å². The highest BCUT2D eigenvalue weighted by Crippen LogP contribution is 2.22. The van der Waals surface area contributed by atoms with Crippen molar-refractivity contribution >= 4 is 17.5 Å². The van der Waals surface area contributed by atoms with Gasteiger partial charge in [0.25, 0.3) is 5.91 Å². The standard InChI is InChI=1S/C15H19N3O2/c19-14(10-7-8-16-9-10)18-13-4-2-1-3-12(13)15(20)17-11-5-6-11/h1-4,10-11,16H,5-9H2,(H,17,20)(H,18,19). The van der Waals surface area contributed by atoms with E-state index < -0.39 is 0 Å². The molecule has 2 fully saturated rings. The molecule has 1 aliphatic carbocycles. The van der Waals surface area contributed by atoms with Gasteiger partial charge in [-0.1, -0.05) is 12.1 Å². The Balaban J connectivity index is 1.71. The Bertz CT molecular complexity index is 520. The molecule has 0 spiro atoms. The third kappa shape index (κ3) is 2.99. The number of benzene rings is 1. The molecular formula is C15H19N3O2. The van der Waals surface area contributed by atoms with Gasteiger partial charge in [-0.25, -0.2) is 0 Å². The van der Waals surface area contributed by atoms with Gasteiger partial charge in [0.05, 0.1) is 17.2 Å². The quantitative estimate of drug-likeness (QED) is 0.770. The second kappa shape index (κ2) is 5.63. The van der Waals surface area contributed by atoms with Gasteiger partial charge in [0, 0.05) is 12.6 Å². The van der Waals surface area contributed by atoms with Crippen LogP contribution in [-0.2, 0) is 4.79 Å². The molecule has 1 heterocycles. The Morgan fingerprint density at radius 3 is 2.65 bits per heavy atom. The fourth-order valence-corrected chi connectivity index (χ4v) is 2.39. The summed E-state index contributed by atoms with van der Waals surface area (Å²) in [5.74, 6) is -0.121. The lowest BCUT2D eigenvalue weighted by molar-refractivity contribution is -0.119. The van der Waals surface area contributed by atoms with E-state index in [1.807, 2.05) is 12.1 Å². The van der Waals surface area contributed by atoms with Gasteiger partial charge in [-0.05, 0) is 37.9 Å². The molecule has 1 aromatic rings. The van der Waals surface area contributed by atoms with E-state index in [-0.39, 0.29) is 17.7 Å². The maximum Gasteiger partial charge on any atom is 0.253 e. The molecule has 1 aliphatic heterocycles. The zero-order valence-corrected chi connectivity index (χ0v) is 11.3. The van der Waals surface area contributed by atoms with Crippen LogP contribution in [0.4, 0.5) is 5.69 Å². The lowest BCUT2D eigenvalue weighted by Crippen LogP contribution is -2.29. The number of carbonyl (C=O) groups excluding carboxylic acids is 2. The Morgan fingerprint density at radius 1 is 1.15 bits per heavy atom. The van der Waals surface area contributed by atoms with Crippen molar-refractivity contribution in [1.82, 2.24) is 10.6 Å². The predicted molar refractivity (Wildman–Crippen MR) is 76.5 cm³/mol. The van der Waals surface area contributed by atoms with Crippen molar-refractivity contribution in [2.24, 2.45) is 5.92 Å². The average molecular weight is 273 g/mol. The highest BCUT2D eigenvalue weighted by molar-refractivity contribution is 6.04. The summed E-state index contributed by atoms with van der Waals surface area (Å²) in [6, 6.07) is 7.48. The van der Waals surface area contributed by atoms with Crippen LogP contribution in [0.5, 0.6) is 0 Å². The number of nitrogens with one attached hydrogen (secondary N) is 3. The summed E-state index contributed by atoms with van der Waals surface area (Å²) >= 11 is 0. The molecule has 20 heavy (non-hydrogen) atoms. The number of anilines is 1. The summed E-state index contributed by atoms with van der Waals surface area (Å²) in [5.41, 5.74) is 1.14. The summed E-state index contributed by atoms with van der Waals surface area (Å²) in [7, 11) is 0. The maximum absolute atomic E-state index is 12.1. The van der Waals surface area contributed by atoms with E-state index in [1.165, 1.54) is 0 Å². The highest BCUT2D eigenvalue weighted by atomic mass is 16.2. The van der Waals surface area contributed by atoms with Gasteiger partial charge in [-0.15, -0.1) is 0 Å². The minimum Gasteiger partial charge on any atom is -0.349 e.